The van der Waals surface area contributed by atoms with Crippen LogP contribution in [0.4, 0.5) is 0 Å². The minimum atomic E-state index is 0.0556. The number of hydrogen-bond donors (Lipinski definition) is 0. The van der Waals surface area contributed by atoms with E-state index in [1.165, 1.54) is 0 Å². The third kappa shape index (κ3) is 11.9. The summed E-state index contributed by atoms with van der Waals surface area (Å²) >= 11 is 0.667. The normalized spacial score (nSPS) is 1.75. The molecular weight excluding hydrogens is 268 g/mol. The zero-order valence-corrected chi connectivity index (χ0v) is 7.33. The number of rotatable bonds is 0. The van der Waals surface area contributed by atoms with Gasteiger partial charge in [-0.25, -0.2) is 0 Å². The molecule has 0 heterocycles. The first-order chi connectivity index (χ1) is 2.00. The first-order valence-corrected chi connectivity index (χ1v) is 2.66. The Hall–Kier alpha value is 1.02. The van der Waals surface area contributed by atoms with Crippen LogP contribution in [0.5, 0.6) is 0 Å². The predicted octanol–water partition coefficient (Wildman–Crippen LogP) is -1.53. The molecule has 0 aliphatic heterocycles. The van der Waals surface area contributed by atoms with Crippen molar-refractivity contribution in [3.63, 3.8) is 0 Å². The van der Waals surface area contributed by atoms with Crippen LogP contribution in [0.25, 0.3) is 0 Å². The van der Waals surface area contributed by atoms with E-state index in [2.05, 4.69) is 0 Å². The summed E-state index contributed by atoms with van der Waals surface area (Å²) in [6, 6.07) is 0. The van der Waals surface area contributed by atoms with Gasteiger partial charge in [-0.2, -0.15) is 0 Å². The quantitative estimate of drug-likeness (QED) is 0.500. The molecule has 0 aromatic carbocycles. The molecule has 0 radical (unpaired) electrons. The van der Waals surface area contributed by atoms with Gasteiger partial charge in [0.15, 0.2) is 0 Å². The fourth-order valence-corrected chi connectivity index (χ4v) is 0. The van der Waals surface area contributed by atoms with Gasteiger partial charge in [-0.3, -0.25) is 0 Å². The van der Waals surface area contributed by atoms with Gasteiger partial charge in [0, 0.05) is 0 Å². The van der Waals surface area contributed by atoms with Crippen molar-refractivity contribution in [2.24, 2.45) is 0 Å². The topological polar surface area (TPSA) is 34.1 Å². The zero-order chi connectivity index (χ0) is 4.00. The summed E-state index contributed by atoms with van der Waals surface area (Å²) in [5.74, 6) is 0. The molecule has 0 bridgehead atoms. The summed E-state index contributed by atoms with van der Waals surface area (Å²) in [7, 11) is 0. The van der Waals surface area contributed by atoms with E-state index < -0.39 is 0 Å². The summed E-state index contributed by atoms with van der Waals surface area (Å²) in [6.07, 6.45) is 0. The van der Waals surface area contributed by atoms with Crippen molar-refractivity contribution in [3.8, 4) is 0 Å². The van der Waals surface area contributed by atoms with Crippen molar-refractivity contribution in [1.29, 1.82) is 0 Å². The van der Waals surface area contributed by atoms with E-state index in [9.17, 15) is 0 Å². The van der Waals surface area contributed by atoms with Gasteiger partial charge in [-0.05, 0) is 0 Å². The van der Waals surface area contributed by atoms with Crippen LogP contribution in [0, 0.1) is 0 Å². The fraction of sp³-hybridized carbons (Fsp3) is 0. The molecule has 0 fully saturated rings. The molecule has 0 unspecified atom stereocenters. The summed E-state index contributed by atoms with van der Waals surface area (Å²) in [5, 5.41) is 0. The molecule has 22 valence electrons. The van der Waals surface area contributed by atoms with E-state index in [1.54, 1.807) is 0 Å². The minimum absolute atomic E-state index is 0.0556. The van der Waals surface area contributed by atoms with Gasteiger partial charge < -0.3 is 0 Å². The molecule has 0 saturated heterocycles. The molecule has 4 heavy (non-hydrogen) atoms. The van der Waals surface area contributed by atoms with Crippen molar-refractivity contribution >= 4 is 40.9 Å². The molecule has 0 saturated carbocycles. The average Bonchev–Trinajstić information content (AvgIpc) is 1.50. The predicted molar refractivity (Wildman–Crippen MR) is 15.7 cm³/mol. The molecule has 4 heteroatoms. The fourth-order valence-electron chi connectivity index (χ4n) is 0. The Balaban J connectivity index is 0. The van der Waals surface area contributed by atoms with Gasteiger partial charge in [0.2, 0.25) is 0 Å². The van der Waals surface area contributed by atoms with Crippen LogP contribution in [0.3, 0.4) is 0 Å². The van der Waals surface area contributed by atoms with Crippen LogP contribution in [0.15, 0.2) is 0 Å². The average molecular weight is 270 g/mol. The molecule has 0 aliphatic rings. The van der Waals surface area contributed by atoms with E-state index in [4.69, 9.17) is 6.62 Å². The molecule has 0 aromatic heterocycles. The Morgan fingerprint density at radius 3 is 1.25 bits per heavy atom. The van der Waals surface area contributed by atoms with Crippen LogP contribution < -0.4 is 0 Å². The standard InChI is InChI=1S/Al.Bi.2O.2H. The summed E-state index contributed by atoms with van der Waals surface area (Å²) in [4.78, 5) is 0. The molecule has 0 atom stereocenters. The van der Waals surface area contributed by atoms with Crippen molar-refractivity contribution in [3.05, 3.63) is 0 Å². The Labute approximate surface area is 47.5 Å². The van der Waals surface area contributed by atoms with Crippen molar-refractivity contribution < 1.29 is 6.62 Å². The molecule has 0 spiro atoms. The number of hydrogen-bond acceptors (Lipinski definition) is 2. The van der Waals surface area contributed by atoms with Crippen molar-refractivity contribution in [1.82, 2.24) is 0 Å². The van der Waals surface area contributed by atoms with E-state index in [1.807, 2.05) is 0 Å². The third-order valence-corrected chi connectivity index (χ3v) is 0. The molecule has 2 nitrogen and oxygen atoms in total. The summed E-state index contributed by atoms with van der Waals surface area (Å²) in [6.45, 7) is 0. The Bertz CT molecular complexity index is 8.00. The maximum atomic E-state index is 8.39. The van der Waals surface area contributed by atoms with E-state index >= 15 is 0 Å². The van der Waals surface area contributed by atoms with Gasteiger partial charge in [0.05, 0.1) is 0 Å². The van der Waals surface area contributed by atoms with Gasteiger partial charge >= 0.3 is 47.6 Å². The summed E-state index contributed by atoms with van der Waals surface area (Å²) < 4.78 is 16.7. The first kappa shape index (κ1) is 8.89. The zero-order valence-electron chi connectivity index (χ0n) is 2.02. The second-order valence-corrected chi connectivity index (χ2v) is 0. The third-order valence-electron chi connectivity index (χ3n) is 0. The van der Waals surface area contributed by atoms with Gasteiger partial charge in [-0.15, -0.1) is 0 Å². The maximum absolute atomic E-state index is 8.39. The van der Waals surface area contributed by atoms with Crippen LogP contribution in [0.1, 0.15) is 0 Å². The SMILES string of the molecule is [O]=[AlH].[O]=[BiH]. The van der Waals surface area contributed by atoms with Crippen molar-refractivity contribution in [2.75, 3.05) is 0 Å². The second kappa shape index (κ2) is 35.4. The van der Waals surface area contributed by atoms with Crippen molar-refractivity contribution in [2.45, 2.75) is 0 Å². The Morgan fingerprint density at radius 1 is 1.25 bits per heavy atom. The monoisotopic (exact) mass is 270 g/mol. The van der Waals surface area contributed by atoms with Crippen LogP contribution in [-0.4, -0.2) is 40.9 Å². The van der Waals surface area contributed by atoms with Gasteiger partial charge in [0.1, 0.15) is 0 Å². The first-order valence-electron chi connectivity index (χ1n) is 0.493. The Morgan fingerprint density at radius 2 is 1.25 bits per heavy atom. The molecule has 0 rings (SSSR count). The summed E-state index contributed by atoms with van der Waals surface area (Å²) in [5.41, 5.74) is 0. The molecule has 0 aromatic rings. The van der Waals surface area contributed by atoms with Gasteiger partial charge in [0.25, 0.3) is 0 Å². The van der Waals surface area contributed by atoms with E-state index in [0.717, 1.165) is 0 Å². The van der Waals surface area contributed by atoms with Gasteiger partial charge in [-0.1, -0.05) is 0 Å². The van der Waals surface area contributed by atoms with E-state index in [0.29, 0.717) is 16.2 Å². The van der Waals surface area contributed by atoms with Crippen LogP contribution in [-0.2, 0) is 6.62 Å². The molecular formula is H2AlBiO2. The second-order valence-electron chi connectivity index (χ2n) is 0. The molecule has 0 aliphatic carbocycles. The van der Waals surface area contributed by atoms with Crippen LogP contribution in [0.2, 0.25) is 0 Å². The van der Waals surface area contributed by atoms with E-state index in [-0.39, 0.29) is 24.7 Å². The van der Waals surface area contributed by atoms with Crippen LogP contribution >= 0.6 is 0 Å². The molecule has 0 amide bonds. The molecule has 0 N–H and O–H groups in total. The Kier molecular flexibility index (Phi) is 78.7.